The number of amides is 2. The third-order valence-electron chi connectivity index (χ3n) is 4.44. The number of rotatable bonds is 6. The standard InChI is InChI=1S/C20H24N4O3/c1-13(2)10-15-11-17(23-20(27)22-15)19(26)21-12-14-5-7-16(8-6-14)24-9-3-4-18(24)25/h5-8,11,13H,3-4,9-10,12H2,1-2H3,(H,21,26)(H,22,23,27). The number of hydrogen-bond donors (Lipinski definition) is 2. The topological polar surface area (TPSA) is 95.2 Å². The lowest BCUT2D eigenvalue weighted by atomic mass is 10.1. The monoisotopic (exact) mass is 368 g/mol. The molecule has 1 aliphatic rings. The predicted octanol–water partition coefficient (Wildman–Crippen LogP) is 2.03. The fraction of sp³-hybridized carbons (Fsp3) is 0.400. The molecule has 7 nitrogen and oxygen atoms in total. The SMILES string of the molecule is CC(C)Cc1cc(C(=O)NCc2ccc(N3CCCC3=O)cc2)nc(=O)[nH]1. The Balaban J connectivity index is 1.63. The molecule has 142 valence electrons. The number of nitrogens with one attached hydrogen (secondary N) is 2. The van der Waals surface area contributed by atoms with Crippen LogP contribution in [-0.4, -0.2) is 28.3 Å². The summed E-state index contributed by atoms with van der Waals surface area (Å²) in [5, 5.41) is 2.79. The molecule has 1 aromatic heterocycles. The van der Waals surface area contributed by atoms with Gasteiger partial charge in [-0.25, -0.2) is 4.79 Å². The van der Waals surface area contributed by atoms with Gasteiger partial charge in [0.2, 0.25) is 5.91 Å². The van der Waals surface area contributed by atoms with Gasteiger partial charge in [-0.2, -0.15) is 4.98 Å². The lowest BCUT2D eigenvalue weighted by Crippen LogP contribution is -2.28. The number of H-pyrrole nitrogens is 1. The first-order chi connectivity index (χ1) is 12.9. The van der Waals surface area contributed by atoms with Crippen LogP contribution in [0.25, 0.3) is 0 Å². The molecule has 1 saturated heterocycles. The molecule has 7 heteroatoms. The van der Waals surface area contributed by atoms with E-state index in [1.54, 1.807) is 11.0 Å². The van der Waals surface area contributed by atoms with Gasteiger partial charge < -0.3 is 15.2 Å². The summed E-state index contributed by atoms with van der Waals surface area (Å²) >= 11 is 0. The maximum absolute atomic E-state index is 12.3. The van der Waals surface area contributed by atoms with Crippen molar-refractivity contribution >= 4 is 17.5 Å². The molecule has 0 bridgehead atoms. The molecule has 2 aromatic rings. The maximum atomic E-state index is 12.3. The number of aromatic amines is 1. The summed E-state index contributed by atoms with van der Waals surface area (Å²) in [7, 11) is 0. The van der Waals surface area contributed by atoms with Gasteiger partial charge in [0.15, 0.2) is 0 Å². The van der Waals surface area contributed by atoms with E-state index >= 15 is 0 Å². The largest absolute Gasteiger partial charge is 0.347 e. The van der Waals surface area contributed by atoms with Crippen molar-refractivity contribution in [3.05, 3.63) is 57.8 Å². The number of carbonyl (C=O) groups is 2. The fourth-order valence-electron chi connectivity index (χ4n) is 3.16. The molecule has 2 heterocycles. The average molecular weight is 368 g/mol. The number of nitrogens with zero attached hydrogens (tertiary/aromatic N) is 2. The Morgan fingerprint density at radius 2 is 2.00 bits per heavy atom. The predicted molar refractivity (Wildman–Crippen MR) is 103 cm³/mol. The molecule has 2 N–H and O–H groups in total. The minimum atomic E-state index is -0.516. The van der Waals surface area contributed by atoms with Gasteiger partial charge in [0.1, 0.15) is 5.69 Å². The van der Waals surface area contributed by atoms with Crippen LogP contribution in [0, 0.1) is 5.92 Å². The Hall–Kier alpha value is -2.96. The number of anilines is 1. The third kappa shape index (κ3) is 4.81. The van der Waals surface area contributed by atoms with Crippen molar-refractivity contribution in [2.24, 2.45) is 5.92 Å². The molecule has 1 aliphatic heterocycles. The molecule has 0 spiro atoms. The van der Waals surface area contributed by atoms with E-state index in [1.165, 1.54) is 0 Å². The Labute approximate surface area is 157 Å². The smallest absolute Gasteiger partial charge is 0.345 e. The van der Waals surface area contributed by atoms with Gasteiger partial charge in [-0.05, 0) is 42.5 Å². The van der Waals surface area contributed by atoms with Crippen molar-refractivity contribution in [2.45, 2.75) is 39.7 Å². The van der Waals surface area contributed by atoms with Crippen molar-refractivity contribution in [3.63, 3.8) is 0 Å². The Bertz CT molecular complexity index is 887. The van der Waals surface area contributed by atoms with Gasteiger partial charge in [0, 0.05) is 30.9 Å². The van der Waals surface area contributed by atoms with Gasteiger partial charge in [-0.3, -0.25) is 9.59 Å². The van der Waals surface area contributed by atoms with E-state index in [2.05, 4.69) is 15.3 Å². The second-order valence-corrected chi connectivity index (χ2v) is 7.19. The van der Waals surface area contributed by atoms with Crippen LogP contribution in [0.15, 0.2) is 35.1 Å². The summed E-state index contributed by atoms with van der Waals surface area (Å²) in [4.78, 5) is 44.0. The number of benzene rings is 1. The van der Waals surface area contributed by atoms with Gasteiger partial charge in [-0.15, -0.1) is 0 Å². The van der Waals surface area contributed by atoms with Crippen molar-refractivity contribution in [1.82, 2.24) is 15.3 Å². The zero-order valence-electron chi connectivity index (χ0n) is 15.6. The van der Waals surface area contributed by atoms with Gasteiger partial charge in [0.05, 0.1) is 0 Å². The van der Waals surface area contributed by atoms with E-state index in [4.69, 9.17) is 0 Å². The molecule has 0 aliphatic carbocycles. The number of aromatic nitrogens is 2. The zero-order valence-corrected chi connectivity index (χ0v) is 15.6. The van der Waals surface area contributed by atoms with Gasteiger partial charge >= 0.3 is 5.69 Å². The van der Waals surface area contributed by atoms with Crippen LogP contribution >= 0.6 is 0 Å². The Kier molecular flexibility index (Phi) is 5.69. The van der Waals surface area contributed by atoms with Crippen LogP contribution < -0.4 is 15.9 Å². The summed E-state index contributed by atoms with van der Waals surface area (Å²) in [6.45, 7) is 5.15. The second-order valence-electron chi connectivity index (χ2n) is 7.19. The molecule has 3 rings (SSSR count). The molecule has 0 saturated carbocycles. The van der Waals surface area contributed by atoms with Crippen LogP contribution in [0.1, 0.15) is 48.4 Å². The number of carbonyl (C=O) groups excluding carboxylic acids is 2. The lowest BCUT2D eigenvalue weighted by Gasteiger charge is -2.16. The first-order valence-corrected chi connectivity index (χ1v) is 9.20. The molecule has 27 heavy (non-hydrogen) atoms. The van der Waals surface area contributed by atoms with E-state index in [0.717, 1.165) is 24.2 Å². The zero-order chi connectivity index (χ0) is 19.4. The highest BCUT2D eigenvalue weighted by Crippen LogP contribution is 2.21. The van der Waals surface area contributed by atoms with E-state index in [0.29, 0.717) is 31.0 Å². The van der Waals surface area contributed by atoms with Crippen molar-refractivity contribution in [1.29, 1.82) is 0 Å². The molecular formula is C20H24N4O3. The van der Waals surface area contributed by atoms with Crippen molar-refractivity contribution < 1.29 is 9.59 Å². The van der Waals surface area contributed by atoms with Crippen LogP contribution in [0.5, 0.6) is 0 Å². The van der Waals surface area contributed by atoms with Gasteiger partial charge in [0.25, 0.3) is 5.91 Å². The molecule has 0 atom stereocenters. The third-order valence-corrected chi connectivity index (χ3v) is 4.44. The molecule has 1 aromatic carbocycles. The van der Waals surface area contributed by atoms with Crippen LogP contribution in [-0.2, 0) is 17.8 Å². The summed E-state index contributed by atoms with van der Waals surface area (Å²) in [6, 6.07) is 9.17. The molecular weight excluding hydrogens is 344 g/mol. The minimum absolute atomic E-state index is 0.119. The highest BCUT2D eigenvalue weighted by atomic mass is 16.2. The summed E-state index contributed by atoms with van der Waals surface area (Å²) in [6.07, 6.45) is 2.16. The van der Waals surface area contributed by atoms with Crippen LogP contribution in [0.3, 0.4) is 0 Å². The molecule has 1 fully saturated rings. The van der Waals surface area contributed by atoms with Crippen molar-refractivity contribution in [2.75, 3.05) is 11.4 Å². The fourth-order valence-corrected chi connectivity index (χ4v) is 3.16. The highest BCUT2D eigenvalue weighted by Gasteiger charge is 2.21. The van der Waals surface area contributed by atoms with E-state index in [1.807, 2.05) is 38.1 Å². The molecule has 0 radical (unpaired) electrons. The molecule has 0 unspecified atom stereocenters. The minimum Gasteiger partial charge on any atom is -0.347 e. The summed E-state index contributed by atoms with van der Waals surface area (Å²) < 4.78 is 0. The lowest BCUT2D eigenvalue weighted by molar-refractivity contribution is -0.117. The second kappa shape index (κ2) is 8.16. The van der Waals surface area contributed by atoms with Crippen LogP contribution in [0.2, 0.25) is 0 Å². The van der Waals surface area contributed by atoms with E-state index in [-0.39, 0.29) is 17.5 Å². The average Bonchev–Trinajstić information content (AvgIpc) is 3.05. The van der Waals surface area contributed by atoms with E-state index < -0.39 is 5.69 Å². The van der Waals surface area contributed by atoms with E-state index in [9.17, 15) is 14.4 Å². The first kappa shape index (κ1) is 18.8. The first-order valence-electron chi connectivity index (χ1n) is 9.20. The Morgan fingerprint density at radius 1 is 1.26 bits per heavy atom. The molecule has 2 amide bonds. The maximum Gasteiger partial charge on any atom is 0.345 e. The Morgan fingerprint density at radius 3 is 2.63 bits per heavy atom. The highest BCUT2D eigenvalue weighted by molar-refractivity contribution is 5.95. The number of hydrogen-bond acceptors (Lipinski definition) is 4. The normalized spacial score (nSPS) is 14.0. The van der Waals surface area contributed by atoms with Crippen molar-refractivity contribution in [3.8, 4) is 0 Å². The quantitative estimate of drug-likeness (QED) is 0.815. The van der Waals surface area contributed by atoms with Gasteiger partial charge in [-0.1, -0.05) is 26.0 Å². The van der Waals surface area contributed by atoms with Crippen LogP contribution in [0.4, 0.5) is 5.69 Å². The summed E-state index contributed by atoms with van der Waals surface area (Å²) in [5.41, 5.74) is 2.09. The summed E-state index contributed by atoms with van der Waals surface area (Å²) in [5.74, 6) is 0.124.